The molecular formula is C13H7Br3ClN3. The zero-order valence-corrected chi connectivity index (χ0v) is 15.4. The number of nitrogens with zero attached hydrogens (tertiary/aromatic N) is 2. The van der Waals surface area contributed by atoms with Crippen LogP contribution in [0.1, 0.15) is 11.7 Å². The number of hydrogen-bond acceptors (Lipinski definition) is 3. The third-order valence-corrected chi connectivity index (χ3v) is 4.75. The van der Waals surface area contributed by atoms with Crippen molar-refractivity contribution in [1.29, 1.82) is 5.26 Å². The van der Waals surface area contributed by atoms with Crippen molar-refractivity contribution in [3.05, 3.63) is 54.6 Å². The monoisotopic (exact) mass is 477 g/mol. The molecule has 2 aromatic rings. The van der Waals surface area contributed by atoms with Gasteiger partial charge in [0.2, 0.25) is 0 Å². The van der Waals surface area contributed by atoms with Crippen molar-refractivity contribution >= 4 is 65.1 Å². The fraction of sp³-hybridized carbons (Fsp3) is 0.0769. The Balaban J connectivity index is 2.29. The molecule has 0 spiro atoms. The first-order valence-electron chi connectivity index (χ1n) is 5.43. The number of benzene rings is 1. The van der Waals surface area contributed by atoms with E-state index < -0.39 is 6.04 Å². The van der Waals surface area contributed by atoms with E-state index in [4.69, 9.17) is 11.6 Å². The van der Waals surface area contributed by atoms with Crippen LogP contribution in [0, 0.1) is 11.3 Å². The summed E-state index contributed by atoms with van der Waals surface area (Å²) < 4.78 is 2.38. The van der Waals surface area contributed by atoms with Crippen LogP contribution in [0.25, 0.3) is 0 Å². The van der Waals surface area contributed by atoms with E-state index in [0.29, 0.717) is 10.7 Å². The second-order valence-corrected chi connectivity index (χ2v) is 6.89. The largest absolute Gasteiger partial charge is 0.365 e. The lowest BCUT2D eigenvalue weighted by molar-refractivity contribution is 0.922. The molecule has 102 valence electrons. The Labute approximate surface area is 146 Å². The number of rotatable bonds is 3. The number of aromatic nitrogens is 1. The lowest BCUT2D eigenvalue weighted by atomic mass is 10.2. The summed E-state index contributed by atoms with van der Waals surface area (Å²) in [6, 6.07) is 8.87. The first kappa shape index (κ1) is 15.8. The molecule has 0 aliphatic heterocycles. The van der Waals surface area contributed by atoms with Crippen molar-refractivity contribution in [2.75, 3.05) is 5.32 Å². The van der Waals surface area contributed by atoms with Gasteiger partial charge in [-0.15, -0.1) is 0 Å². The average Bonchev–Trinajstić information content (AvgIpc) is 2.41. The lowest BCUT2D eigenvalue weighted by Crippen LogP contribution is -2.11. The van der Waals surface area contributed by atoms with Crippen LogP contribution in [0.2, 0.25) is 5.02 Å². The van der Waals surface area contributed by atoms with E-state index in [1.54, 1.807) is 12.3 Å². The van der Waals surface area contributed by atoms with Gasteiger partial charge in [-0.2, -0.15) is 5.26 Å². The van der Waals surface area contributed by atoms with E-state index in [2.05, 4.69) is 64.2 Å². The van der Waals surface area contributed by atoms with Gasteiger partial charge in [-0.1, -0.05) is 11.6 Å². The Morgan fingerprint density at radius 2 is 1.95 bits per heavy atom. The molecule has 0 bridgehead atoms. The van der Waals surface area contributed by atoms with Crippen LogP contribution < -0.4 is 5.32 Å². The van der Waals surface area contributed by atoms with Crippen molar-refractivity contribution in [3.8, 4) is 6.07 Å². The highest BCUT2D eigenvalue weighted by molar-refractivity contribution is 9.11. The van der Waals surface area contributed by atoms with Crippen LogP contribution in [0.4, 0.5) is 5.69 Å². The number of nitriles is 1. The summed E-state index contributed by atoms with van der Waals surface area (Å²) >= 11 is 16.0. The quantitative estimate of drug-likeness (QED) is 0.613. The van der Waals surface area contributed by atoms with Crippen LogP contribution in [0.3, 0.4) is 0 Å². The topological polar surface area (TPSA) is 48.7 Å². The third-order valence-electron chi connectivity index (χ3n) is 2.47. The second-order valence-electron chi connectivity index (χ2n) is 3.86. The van der Waals surface area contributed by atoms with Crippen molar-refractivity contribution < 1.29 is 0 Å². The van der Waals surface area contributed by atoms with Crippen LogP contribution in [-0.2, 0) is 0 Å². The molecule has 0 amide bonds. The highest BCUT2D eigenvalue weighted by Crippen LogP contribution is 2.30. The summed E-state index contributed by atoms with van der Waals surface area (Å²) in [5.74, 6) is 0. The van der Waals surface area contributed by atoms with Gasteiger partial charge in [0.05, 0.1) is 16.8 Å². The molecule has 2 rings (SSSR count). The van der Waals surface area contributed by atoms with Gasteiger partial charge in [0.25, 0.3) is 0 Å². The molecular weight excluding hydrogens is 473 g/mol. The zero-order valence-electron chi connectivity index (χ0n) is 9.87. The Hall–Kier alpha value is -0.610. The standard InChI is InChI=1S/C13H7Br3ClN3/c14-7-3-10(16)13(19-6-7)12(5-18)20-8-1-2-11(17)9(15)4-8/h1-4,6,12,20H. The van der Waals surface area contributed by atoms with E-state index in [1.165, 1.54) is 0 Å². The van der Waals surface area contributed by atoms with Crippen LogP contribution in [0.5, 0.6) is 0 Å². The van der Waals surface area contributed by atoms with E-state index in [-0.39, 0.29) is 0 Å². The summed E-state index contributed by atoms with van der Waals surface area (Å²) in [6.07, 6.45) is 1.66. The second kappa shape index (κ2) is 6.90. The lowest BCUT2D eigenvalue weighted by Gasteiger charge is -2.14. The molecule has 1 unspecified atom stereocenters. The van der Waals surface area contributed by atoms with Gasteiger partial charge in [0, 0.05) is 25.3 Å². The van der Waals surface area contributed by atoms with E-state index in [0.717, 1.165) is 19.1 Å². The highest BCUT2D eigenvalue weighted by Gasteiger charge is 2.16. The molecule has 7 heteroatoms. The fourth-order valence-corrected chi connectivity index (χ4v) is 3.26. The molecule has 1 aromatic carbocycles. The predicted octanol–water partition coefficient (Wildman–Crippen LogP) is 5.70. The van der Waals surface area contributed by atoms with E-state index in [9.17, 15) is 5.26 Å². The van der Waals surface area contributed by atoms with Gasteiger partial charge in [-0.3, -0.25) is 4.98 Å². The minimum Gasteiger partial charge on any atom is -0.365 e. The van der Waals surface area contributed by atoms with Gasteiger partial charge >= 0.3 is 0 Å². The van der Waals surface area contributed by atoms with Crippen molar-refractivity contribution in [1.82, 2.24) is 4.98 Å². The predicted molar refractivity (Wildman–Crippen MR) is 90.8 cm³/mol. The molecule has 0 saturated carbocycles. The molecule has 1 heterocycles. The van der Waals surface area contributed by atoms with Crippen molar-refractivity contribution in [2.45, 2.75) is 6.04 Å². The van der Waals surface area contributed by atoms with Crippen molar-refractivity contribution in [3.63, 3.8) is 0 Å². The minimum atomic E-state index is -0.564. The zero-order chi connectivity index (χ0) is 14.7. The molecule has 1 N–H and O–H groups in total. The molecule has 0 saturated heterocycles. The first-order chi connectivity index (χ1) is 9.51. The summed E-state index contributed by atoms with van der Waals surface area (Å²) in [5, 5.41) is 13.1. The highest BCUT2D eigenvalue weighted by atomic mass is 79.9. The summed E-state index contributed by atoms with van der Waals surface area (Å²) in [4.78, 5) is 4.27. The summed E-state index contributed by atoms with van der Waals surface area (Å²) in [6.45, 7) is 0. The Morgan fingerprint density at radius 1 is 1.20 bits per heavy atom. The Kier molecular flexibility index (Phi) is 5.44. The van der Waals surface area contributed by atoms with Gasteiger partial charge in [-0.25, -0.2) is 0 Å². The molecule has 20 heavy (non-hydrogen) atoms. The molecule has 1 atom stereocenters. The SMILES string of the molecule is N#CC(Nc1ccc(Cl)c(Br)c1)c1ncc(Br)cc1Br. The maximum atomic E-state index is 9.34. The van der Waals surface area contributed by atoms with Crippen LogP contribution in [0.15, 0.2) is 43.9 Å². The van der Waals surface area contributed by atoms with Gasteiger partial charge < -0.3 is 5.32 Å². The normalized spacial score (nSPS) is 11.8. The molecule has 3 nitrogen and oxygen atoms in total. The number of pyridine rings is 1. The van der Waals surface area contributed by atoms with Crippen LogP contribution >= 0.6 is 59.4 Å². The molecule has 0 fully saturated rings. The molecule has 1 aromatic heterocycles. The molecule has 0 aliphatic rings. The van der Waals surface area contributed by atoms with Gasteiger partial charge in [0.15, 0.2) is 6.04 Å². The number of hydrogen-bond donors (Lipinski definition) is 1. The maximum Gasteiger partial charge on any atom is 0.158 e. The average molecular weight is 480 g/mol. The van der Waals surface area contributed by atoms with Crippen molar-refractivity contribution in [2.24, 2.45) is 0 Å². The number of nitrogens with one attached hydrogen (secondary N) is 1. The number of anilines is 1. The van der Waals surface area contributed by atoms with E-state index in [1.807, 2.05) is 18.2 Å². The fourth-order valence-electron chi connectivity index (χ4n) is 1.55. The molecule has 0 aliphatic carbocycles. The number of halogens is 4. The maximum absolute atomic E-state index is 9.34. The third kappa shape index (κ3) is 3.73. The molecule has 0 radical (unpaired) electrons. The van der Waals surface area contributed by atoms with Crippen LogP contribution in [-0.4, -0.2) is 4.98 Å². The van der Waals surface area contributed by atoms with E-state index >= 15 is 0 Å². The van der Waals surface area contributed by atoms with Gasteiger partial charge in [0.1, 0.15) is 0 Å². The Bertz CT molecular complexity index is 685. The summed E-state index contributed by atoms with van der Waals surface area (Å²) in [5.41, 5.74) is 1.41. The summed E-state index contributed by atoms with van der Waals surface area (Å²) in [7, 11) is 0. The first-order valence-corrected chi connectivity index (χ1v) is 8.19. The minimum absolute atomic E-state index is 0.564. The Morgan fingerprint density at radius 3 is 2.55 bits per heavy atom. The smallest absolute Gasteiger partial charge is 0.158 e. The van der Waals surface area contributed by atoms with Gasteiger partial charge in [-0.05, 0) is 72.1 Å².